The molecule has 0 bridgehead atoms. The summed E-state index contributed by atoms with van der Waals surface area (Å²) in [5.74, 6) is -0.579. The first kappa shape index (κ1) is 15.7. The molecule has 1 aliphatic rings. The highest BCUT2D eigenvalue weighted by Crippen LogP contribution is 2.12. The first-order valence-electron chi connectivity index (χ1n) is 6.77. The monoisotopic (exact) mass is 309 g/mol. The van der Waals surface area contributed by atoms with Gasteiger partial charge in [0.2, 0.25) is 15.9 Å². The van der Waals surface area contributed by atoms with Crippen molar-refractivity contribution in [2.45, 2.75) is 17.7 Å². The van der Waals surface area contributed by atoms with E-state index in [1.54, 1.807) is 0 Å². The molecule has 0 fully saturated rings. The number of hydrogen-bond donors (Lipinski definition) is 3. The summed E-state index contributed by atoms with van der Waals surface area (Å²) in [7, 11) is -3.55. The topological polar surface area (TPSA) is 101 Å². The van der Waals surface area contributed by atoms with Crippen LogP contribution in [0.2, 0.25) is 0 Å². The van der Waals surface area contributed by atoms with Gasteiger partial charge in [0.25, 0.3) is 0 Å². The molecular weight excluding hydrogens is 290 g/mol. The molecule has 0 saturated heterocycles. The van der Waals surface area contributed by atoms with Crippen molar-refractivity contribution in [2.75, 3.05) is 19.6 Å². The van der Waals surface area contributed by atoms with Crippen LogP contribution in [0.15, 0.2) is 40.8 Å². The molecule has 114 valence electrons. The molecule has 4 N–H and O–H groups in total. The zero-order chi connectivity index (χ0) is 15.3. The molecule has 6 nitrogen and oxygen atoms in total. The maximum Gasteiger partial charge on any atom is 0.248 e. The fourth-order valence-corrected chi connectivity index (χ4v) is 3.16. The Morgan fingerprint density at radius 1 is 1.29 bits per heavy atom. The van der Waals surface area contributed by atoms with Crippen molar-refractivity contribution in [1.82, 2.24) is 10.0 Å². The Morgan fingerprint density at radius 2 is 2.00 bits per heavy atom. The average Bonchev–Trinajstić information content (AvgIpc) is 2.48. The molecule has 0 atom stereocenters. The molecule has 0 aliphatic carbocycles. The summed E-state index contributed by atoms with van der Waals surface area (Å²) in [5, 5.41) is 3.21. The summed E-state index contributed by atoms with van der Waals surface area (Å²) in [5.41, 5.74) is 6.67. The lowest BCUT2D eigenvalue weighted by Crippen LogP contribution is -2.27. The number of rotatable bonds is 6. The Bertz CT molecular complexity index is 636. The zero-order valence-corrected chi connectivity index (χ0v) is 12.4. The number of sulfonamides is 1. The molecule has 0 saturated carbocycles. The van der Waals surface area contributed by atoms with Gasteiger partial charge in [0.1, 0.15) is 0 Å². The van der Waals surface area contributed by atoms with E-state index in [1.165, 1.54) is 29.8 Å². The van der Waals surface area contributed by atoms with Crippen molar-refractivity contribution in [2.24, 2.45) is 5.73 Å². The van der Waals surface area contributed by atoms with Gasteiger partial charge in [0.05, 0.1) is 4.90 Å². The van der Waals surface area contributed by atoms with Crippen LogP contribution in [-0.4, -0.2) is 34.0 Å². The second-order valence-corrected chi connectivity index (χ2v) is 6.62. The standard InChI is InChI=1S/C14H19N3O3S/c15-14(18)12-1-3-13(4-2-12)21(19,20)17-10-7-11-5-8-16-9-6-11/h1-5,16-17H,6-10H2,(H2,15,18). The SMILES string of the molecule is NC(=O)c1ccc(S(=O)(=O)NCCC2=CCNCC2)cc1. The second-order valence-electron chi connectivity index (χ2n) is 4.85. The smallest absolute Gasteiger partial charge is 0.248 e. The second kappa shape index (κ2) is 6.84. The maximum absolute atomic E-state index is 12.1. The van der Waals surface area contributed by atoms with Gasteiger partial charge in [0, 0.05) is 18.7 Å². The van der Waals surface area contributed by atoms with E-state index < -0.39 is 15.9 Å². The Morgan fingerprint density at radius 3 is 2.57 bits per heavy atom. The van der Waals surface area contributed by atoms with Crippen molar-refractivity contribution in [3.05, 3.63) is 41.5 Å². The maximum atomic E-state index is 12.1. The predicted octanol–water partition coefficient (Wildman–Crippen LogP) is 0.374. The normalized spacial score (nSPS) is 15.5. The van der Waals surface area contributed by atoms with Crippen molar-refractivity contribution < 1.29 is 13.2 Å². The van der Waals surface area contributed by atoms with E-state index in [0.717, 1.165) is 19.5 Å². The molecule has 2 rings (SSSR count). The van der Waals surface area contributed by atoms with Crippen LogP contribution in [0.4, 0.5) is 0 Å². The van der Waals surface area contributed by atoms with Crippen LogP contribution >= 0.6 is 0 Å². The van der Waals surface area contributed by atoms with Gasteiger partial charge in [-0.05, 0) is 43.7 Å². The molecule has 1 heterocycles. The van der Waals surface area contributed by atoms with Crippen LogP contribution in [0, 0.1) is 0 Å². The van der Waals surface area contributed by atoms with E-state index in [1.807, 2.05) is 0 Å². The number of hydrogen-bond acceptors (Lipinski definition) is 4. The van der Waals surface area contributed by atoms with Crippen LogP contribution in [0.1, 0.15) is 23.2 Å². The van der Waals surface area contributed by atoms with Gasteiger partial charge in [-0.15, -0.1) is 0 Å². The number of nitrogens with two attached hydrogens (primary N) is 1. The molecule has 0 aromatic heterocycles. The molecule has 1 aromatic carbocycles. The van der Waals surface area contributed by atoms with Gasteiger partial charge in [-0.2, -0.15) is 0 Å². The highest BCUT2D eigenvalue weighted by atomic mass is 32.2. The summed E-state index contributed by atoms with van der Waals surface area (Å²) in [6.45, 7) is 2.15. The summed E-state index contributed by atoms with van der Waals surface area (Å²) < 4.78 is 26.8. The van der Waals surface area contributed by atoms with Crippen molar-refractivity contribution in [3.63, 3.8) is 0 Å². The van der Waals surface area contributed by atoms with E-state index in [-0.39, 0.29) is 10.5 Å². The van der Waals surface area contributed by atoms with Gasteiger partial charge in [0.15, 0.2) is 0 Å². The van der Waals surface area contributed by atoms with Gasteiger partial charge in [-0.1, -0.05) is 11.6 Å². The first-order chi connectivity index (χ1) is 9.99. The van der Waals surface area contributed by atoms with E-state index >= 15 is 0 Å². The molecule has 0 unspecified atom stereocenters. The van der Waals surface area contributed by atoms with Crippen molar-refractivity contribution in [1.29, 1.82) is 0 Å². The van der Waals surface area contributed by atoms with E-state index in [2.05, 4.69) is 16.1 Å². The molecule has 1 amide bonds. The summed E-state index contributed by atoms with van der Waals surface area (Å²) >= 11 is 0. The van der Waals surface area contributed by atoms with Gasteiger partial charge in [-0.3, -0.25) is 4.79 Å². The van der Waals surface area contributed by atoms with Crippen LogP contribution in [0.3, 0.4) is 0 Å². The summed E-state index contributed by atoms with van der Waals surface area (Å²) in [4.78, 5) is 11.1. The summed E-state index contributed by atoms with van der Waals surface area (Å²) in [6, 6.07) is 5.58. The minimum absolute atomic E-state index is 0.131. The number of carbonyl (C=O) groups excluding carboxylic acids is 1. The van der Waals surface area contributed by atoms with Crippen molar-refractivity contribution in [3.8, 4) is 0 Å². The van der Waals surface area contributed by atoms with E-state index in [0.29, 0.717) is 13.0 Å². The number of carbonyl (C=O) groups is 1. The number of benzene rings is 1. The third-order valence-corrected chi connectivity index (χ3v) is 4.82. The first-order valence-corrected chi connectivity index (χ1v) is 8.25. The highest BCUT2D eigenvalue weighted by Gasteiger charge is 2.14. The average molecular weight is 309 g/mol. The molecule has 1 aromatic rings. The molecule has 0 spiro atoms. The lowest BCUT2D eigenvalue weighted by molar-refractivity contribution is 0.1000. The molecule has 1 aliphatic heterocycles. The third-order valence-electron chi connectivity index (χ3n) is 3.35. The van der Waals surface area contributed by atoms with E-state index in [9.17, 15) is 13.2 Å². The largest absolute Gasteiger partial charge is 0.366 e. The predicted molar refractivity (Wildman–Crippen MR) is 80.3 cm³/mol. The lowest BCUT2D eigenvalue weighted by atomic mass is 10.1. The molecule has 7 heteroatoms. The Balaban J connectivity index is 1.94. The van der Waals surface area contributed by atoms with Crippen LogP contribution in [0.25, 0.3) is 0 Å². The quantitative estimate of drug-likeness (QED) is 0.661. The number of amides is 1. The van der Waals surface area contributed by atoms with Gasteiger partial charge < -0.3 is 11.1 Å². The van der Waals surface area contributed by atoms with Crippen LogP contribution in [-0.2, 0) is 10.0 Å². The fraction of sp³-hybridized carbons (Fsp3) is 0.357. The number of nitrogens with one attached hydrogen (secondary N) is 2. The zero-order valence-electron chi connectivity index (χ0n) is 11.6. The summed E-state index contributed by atoms with van der Waals surface area (Å²) in [6.07, 6.45) is 3.76. The highest BCUT2D eigenvalue weighted by molar-refractivity contribution is 7.89. The third kappa shape index (κ3) is 4.38. The fourth-order valence-electron chi connectivity index (χ4n) is 2.12. The molecular formula is C14H19N3O3S. The minimum atomic E-state index is -3.55. The number of primary amides is 1. The van der Waals surface area contributed by atoms with Crippen LogP contribution < -0.4 is 15.8 Å². The Kier molecular flexibility index (Phi) is 5.11. The Labute approximate surface area is 124 Å². The van der Waals surface area contributed by atoms with Gasteiger partial charge >= 0.3 is 0 Å². The van der Waals surface area contributed by atoms with Gasteiger partial charge in [-0.25, -0.2) is 13.1 Å². The van der Waals surface area contributed by atoms with E-state index in [4.69, 9.17) is 5.73 Å². The lowest BCUT2D eigenvalue weighted by Gasteiger charge is -2.14. The van der Waals surface area contributed by atoms with Crippen LogP contribution in [0.5, 0.6) is 0 Å². The molecule has 21 heavy (non-hydrogen) atoms. The Hall–Kier alpha value is -1.70. The van der Waals surface area contributed by atoms with Crippen molar-refractivity contribution >= 4 is 15.9 Å². The minimum Gasteiger partial charge on any atom is -0.366 e. The molecule has 0 radical (unpaired) electrons.